The van der Waals surface area contributed by atoms with Crippen molar-refractivity contribution in [2.24, 2.45) is 0 Å². The normalized spacial score (nSPS) is 10.6. The molecule has 0 aliphatic heterocycles. The maximum atomic E-state index is 12.7. The van der Waals surface area contributed by atoms with Gasteiger partial charge in [0.1, 0.15) is 11.5 Å². The van der Waals surface area contributed by atoms with Gasteiger partial charge in [0.05, 0.1) is 5.56 Å². The van der Waals surface area contributed by atoms with E-state index in [1.807, 2.05) is 13.8 Å². The van der Waals surface area contributed by atoms with E-state index in [0.717, 1.165) is 6.07 Å². The Bertz CT molecular complexity index is 582. The third kappa shape index (κ3) is 5.25. The molecule has 0 heterocycles. The lowest BCUT2D eigenvalue weighted by Crippen LogP contribution is -2.06. The molecule has 0 amide bonds. The summed E-state index contributed by atoms with van der Waals surface area (Å²) in [6, 6.07) is 10.1. The van der Waals surface area contributed by atoms with Crippen molar-refractivity contribution in [3.63, 3.8) is 0 Å². The summed E-state index contributed by atoms with van der Waals surface area (Å²) >= 11 is 8.58. The van der Waals surface area contributed by atoms with E-state index >= 15 is 0 Å². The second kappa shape index (κ2) is 7.71. The van der Waals surface area contributed by atoms with Crippen molar-refractivity contribution in [3.8, 4) is 11.5 Å². The van der Waals surface area contributed by atoms with Crippen LogP contribution in [0.4, 0.5) is 13.2 Å². The quantitative estimate of drug-likeness (QED) is 0.547. The standard InChI is InChI=1S/C13H7BrClF3O.C2H6/c14-12-6-5-10(7-11(12)13(16,17)18)19-9-3-1-8(15)2-4-9;1-2/h1-7H;1-2H3. The van der Waals surface area contributed by atoms with E-state index in [9.17, 15) is 13.2 Å². The van der Waals surface area contributed by atoms with Crippen LogP contribution in [-0.2, 0) is 6.18 Å². The Morgan fingerprint density at radius 1 is 0.952 bits per heavy atom. The van der Waals surface area contributed by atoms with Crippen molar-refractivity contribution in [2.45, 2.75) is 20.0 Å². The van der Waals surface area contributed by atoms with Gasteiger partial charge in [0, 0.05) is 9.50 Å². The summed E-state index contributed by atoms with van der Waals surface area (Å²) in [6.07, 6.45) is -4.43. The van der Waals surface area contributed by atoms with Crippen LogP contribution in [0.3, 0.4) is 0 Å². The minimum atomic E-state index is -4.43. The molecule has 2 aromatic carbocycles. The molecule has 0 fully saturated rings. The molecular formula is C15H13BrClF3O. The first kappa shape index (κ1) is 17.9. The van der Waals surface area contributed by atoms with Gasteiger partial charge in [0.2, 0.25) is 0 Å². The lowest BCUT2D eigenvalue weighted by molar-refractivity contribution is -0.138. The average molecular weight is 382 g/mol. The van der Waals surface area contributed by atoms with Crippen molar-refractivity contribution in [1.82, 2.24) is 0 Å². The Morgan fingerprint density at radius 3 is 2.00 bits per heavy atom. The van der Waals surface area contributed by atoms with Crippen molar-refractivity contribution in [2.75, 3.05) is 0 Å². The van der Waals surface area contributed by atoms with Gasteiger partial charge in [-0.2, -0.15) is 13.2 Å². The Morgan fingerprint density at radius 2 is 1.48 bits per heavy atom. The molecule has 2 rings (SSSR count). The topological polar surface area (TPSA) is 9.23 Å². The highest BCUT2D eigenvalue weighted by atomic mass is 79.9. The lowest BCUT2D eigenvalue weighted by Gasteiger charge is -2.12. The molecule has 0 radical (unpaired) electrons. The summed E-state index contributed by atoms with van der Waals surface area (Å²) < 4.78 is 43.5. The van der Waals surface area contributed by atoms with Crippen LogP contribution in [0.1, 0.15) is 19.4 Å². The first-order valence-electron chi connectivity index (χ1n) is 6.16. The van der Waals surface area contributed by atoms with E-state index in [2.05, 4.69) is 15.9 Å². The molecular weight excluding hydrogens is 369 g/mol. The van der Waals surface area contributed by atoms with E-state index in [4.69, 9.17) is 16.3 Å². The summed E-state index contributed by atoms with van der Waals surface area (Å²) in [7, 11) is 0. The van der Waals surface area contributed by atoms with Crippen LogP contribution in [0.15, 0.2) is 46.9 Å². The lowest BCUT2D eigenvalue weighted by atomic mass is 10.2. The van der Waals surface area contributed by atoms with Crippen molar-refractivity contribution >= 4 is 27.5 Å². The Hall–Kier alpha value is -1.20. The highest BCUT2D eigenvalue weighted by Gasteiger charge is 2.33. The monoisotopic (exact) mass is 380 g/mol. The fourth-order valence-corrected chi connectivity index (χ4v) is 2.02. The van der Waals surface area contributed by atoms with Crippen LogP contribution in [0, 0.1) is 0 Å². The Labute approximate surface area is 134 Å². The zero-order valence-electron chi connectivity index (χ0n) is 11.3. The van der Waals surface area contributed by atoms with Crippen molar-refractivity contribution in [1.29, 1.82) is 0 Å². The van der Waals surface area contributed by atoms with Gasteiger partial charge in [-0.15, -0.1) is 0 Å². The van der Waals surface area contributed by atoms with Gasteiger partial charge in [0.25, 0.3) is 0 Å². The number of hydrogen-bond acceptors (Lipinski definition) is 1. The molecule has 21 heavy (non-hydrogen) atoms. The Balaban J connectivity index is 0.00000106. The van der Waals surface area contributed by atoms with Gasteiger partial charge in [0.15, 0.2) is 0 Å². The number of ether oxygens (including phenoxy) is 1. The van der Waals surface area contributed by atoms with Gasteiger partial charge in [-0.1, -0.05) is 41.4 Å². The number of alkyl halides is 3. The molecule has 6 heteroatoms. The zero-order chi connectivity index (χ0) is 16.0. The second-order valence-electron chi connectivity index (χ2n) is 3.70. The summed E-state index contributed by atoms with van der Waals surface area (Å²) in [6.45, 7) is 4.00. The molecule has 0 aliphatic rings. The molecule has 0 spiro atoms. The third-order valence-electron chi connectivity index (χ3n) is 2.29. The molecule has 0 atom stereocenters. The average Bonchev–Trinajstić information content (AvgIpc) is 2.44. The third-order valence-corrected chi connectivity index (χ3v) is 3.24. The smallest absolute Gasteiger partial charge is 0.417 e. The fourth-order valence-electron chi connectivity index (χ4n) is 1.42. The maximum absolute atomic E-state index is 12.7. The summed E-state index contributed by atoms with van der Waals surface area (Å²) in [5.41, 5.74) is -0.779. The van der Waals surface area contributed by atoms with Crippen molar-refractivity contribution < 1.29 is 17.9 Å². The van der Waals surface area contributed by atoms with Gasteiger partial charge in [-0.25, -0.2) is 0 Å². The Kier molecular flexibility index (Phi) is 6.55. The predicted molar refractivity (Wildman–Crippen MR) is 82.0 cm³/mol. The number of halogens is 5. The summed E-state index contributed by atoms with van der Waals surface area (Å²) in [5, 5.41) is 0.527. The molecule has 0 aromatic heterocycles. The molecule has 0 saturated carbocycles. The predicted octanol–water partition coefficient (Wildman–Crippen LogP) is 6.94. The molecule has 0 saturated heterocycles. The van der Waals surface area contributed by atoms with Crippen LogP contribution >= 0.6 is 27.5 Å². The van der Waals surface area contributed by atoms with Gasteiger partial charge >= 0.3 is 6.18 Å². The molecule has 0 aliphatic carbocycles. The second-order valence-corrected chi connectivity index (χ2v) is 4.99. The number of hydrogen-bond donors (Lipinski definition) is 0. The number of rotatable bonds is 2. The molecule has 0 bridgehead atoms. The molecule has 2 aromatic rings. The first-order valence-corrected chi connectivity index (χ1v) is 7.33. The minimum Gasteiger partial charge on any atom is -0.457 e. The van der Waals surface area contributed by atoms with E-state index in [1.165, 1.54) is 12.1 Å². The molecule has 0 unspecified atom stereocenters. The van der Waals surface area contributed by atoms with Crippen LogP contribution in [-0.4, -0.2) is 0 Å². The first-order chi connectivity index (χ1) is 9.86. The summed E-state index contributed by atoms with van der Waals surface area (Å²) in [4.78, 5) is 0. The van der Waals surface area contributed by atoms with E-state index in [-0.39, 0.29) is 10.2 Å². The van der Waals surface area contributed by atoms with E-state index < -0.39 is 11.7 Å². The maximum Gasteiger partial charge on any atom is 0.417 e. The zero-order valence-corrected chi connectivity index (χ0v) is 13.7. The largest absolute Gasteiger partial charge is 0.457 e. The minimum absolute atomic E-state index is 0.0246. The fraction of sp³-hybridized carbons (Fsp3) is 0.200. The summed E-state index contributed by atoms with van der Waals surface area (Å²) in [5.74, 6) is 0.526. The van der Waals surface area contributed by atoms with E-state index in [0.29, 0.717) is 10.8 Å². The SMILES string of the molecule is CC.FC(F)(F)c1cc(Oc2ccc(Cl)cc2)ccc1Br. The molecule has 1 nitrogen and oxygen atoms in total. The molecule has 0 N–H and O–H groups in total. The van der Waals surface area contributed by atoms with Gasteiger partial charge in [-0.05, 0) is 42.5 Å². The number of benzene rings is 2. The van der Waals surface area contributed by atoms with Crippen LogP contribution in [0.2, 0.25) is 5.02 Å². The van der Waals surface area contributed by atoms with Crippen LogP contribution in [0.25, 0.3) is 0 Å². The van der Waals surface area contributed by atoms with Crippen LogP contribution in [0.5, 0.6) is 11.5 Å². The highest BCUT2D eigenvalue weighted by molar-refractivity contribution is 9.10. The van der Waals surface area contributed by atoms with Gasteiger partial charge in [-0.3, -0.25) is 0 Å². The highest BCUT2D eigenvalue weighted by Crippen LogP contribution is 2.37. The molecule has 114 valence electrons. The van der Waals surface area contributed by atoms with Crippen LogP contribution < -0.4 is 4.74 Å². The van der Waals surface area contributed by atoms with E-state index in [1.54, 1.807) is 24.3 Å². The van der Waals surface area contributed by atoms with Crippen molar-refractivity contribution in [3.05, 3.63) is 57.5 Å². The van der Waals surface area contributed by atoms with Gasteiger partial charge < -0.3 is 4.74 Å².